The lowest BCUT2D eigenvalue weighted by Crippen LogP contribution is -2.38. The molecule has 0 aliphatic carbocycles. The van der Waals surface area contributed by atoms with Gasteiger partial charge in [0.15, 0.2) is 0 Å². The maximum atomic E-state index is 12.6. The molecule has 0 saturated heterocycles. The first-order valence-electron chi connectivity index (χ1n) is 9.89. The van der Waals surface area contributed by atoms with Crippen molar-refractivity contribution in [3.8, 4) is 0 Å². The molecule has 2 heterocycles. The van der Waals surface area contributed by atoms with E-state index in [0.717, 1.165) is 22.5 Å². The van der Waals surface area contributed by atoms with Gasteiger partial charge in [-0.2, -0.15) is 0 Å². The van der Waals surface area contributed by atoms with Crippen molar-refractivity contribution in [2.24, 2.45) is 0 Å². The minimum Gasteiger partial charge on any atom is -0.396 e. The molecule has 0 radical (unpaired) electrons. The molecule has 2 N–H and O–H groups in total. The molecule has 0 bridgehead atoms. The molecule has 1 aliphatic rings. The largest absolute Gasteiger partial charge is 0.396 e. The molecule has 154 valence electrons. The average Bonchev–Trinajstić information content (AvgIpc) is 2.68. The Kier molecular flexibility index (Phi) is 6.60. The molecule has 6 heteroatoms. The van der Waals surface area contributed by atoms with Crippen LogP contribution in [-0.2, 0) is 11.8 Å². The van der Waals surface area contributed by atoms with Crippen LogP contribution in [0.4, 0.5) is 10.5 Å². The molecule has 3 rings (SSSR count). The van der Waals surface area contributed by atoms with E-state index < -0.39 is 0 Å². The molecule has 0 spiro atoms. The summed E-state index contributed by atoms with van der Waals surface area (Å²) in [5.41, 5.74) is 4.83. The van der Waals surface area contributed by atoms with E-state index in [1.807, 2.05) is 24.3 Å². The average molecular weight is 414 g/mol. The van der Waals surface area contributed by atoms with Gasteiger partial charge in [-0.25, -0.2) is 4.79 Å². The van der Waals surface area contributed by atoms with Gasteiger partial charge in [-0.05, 0) is 53.2 Å². The zero-order valence-corrected chi connectivity index (χ0v) is 18.0. The first-order chi connectivity index (χ1) is 13.8. The fraction of sp³-hybridized carbons (Fsp3) is 0.391. The highest BCUT2D eigenvalue weighted by atomic mass is 35.5. The van der Waals surface area contributed by atoms with Crippen molar-refractivity contribution in [2.75, 3.05) is 25.0 Å². The zero-order chi connectivity index (χ0) is 21.0. The molecule has 2 amide bonds. The van der Waals surface area contributed by atoms with Gasteiger partial charge in [0.05, 0.1) is 10.7 Å². The minimum absolute atomic E-state index is 0.0725. The molecule has 1 aromatic heterocycles. The molecule has 2 aromatic rings. The number of nitrogens with zero attached hydrogens (tertiary/aromatic N) is 2. The fourth-order valence-corrected chi connectivity index (χ4v) is 3.61. The van der Waals surface area contributed by atoms with Crippen LogP contribution in [0.25, 0.3) is 5.57 Å². The van der Waals surface area contributed by atoms with E-state index in [0.29, 0.717) is 31.0 Å². The Morgan fingerprint density at radius 3 is 2.55 bits per heavy atom. The summed E-state index contributed by atoms with van der Waals surface area (Å²) < 4.78 is 0. The Morgan fingerprint density at radius 1 is 1.28 bits per heavy atom. The Labute approximate surface area is 177 Å². The normalized spacial score (nSPS) is 14.5. The maximum absolute atomic E-state index is 12.6. The van der Waals surface area contributed by atoms with Crippen molar-refractivity contribution >= 4 is 28.9 Å². The van der Waals surface area contributed by atoms with Gasteiger partial charge in [0.2, 0.25) is 0 Å². The number of aliphatic hydroxyl groups excluding tert-OH is 1. The van der Waals surface area contributed by atoms with E-state index in [4.69, 9.17) is 16.7 Å². The quantitative estimate of drug-likeness (QED) is 0.750. The molecule has 1 aromatic carbocycles. The number of hydrogen-bond acceptors (Lipinski definition) is 3. The number of aromatic nitrogens is 1. The van der Waals surface area contributed by atoms with Crippen molar-refractivity contribution in [1.82, 2.24) is 9.88 Å². The Morgan fingerprint density at radius 2 is 2.00 bits per heavy atom. The summed E-state index contributed by atoms with van der Waals surface area (Å²) >= 11 is 6.37. The van der Waals surface area contributed by atoms with Crippen molar-refractivity contribution < 1.29 is 9.90 Å². The summed E-state index contributed by atoms with van der Waals surface area (Å²) in [4.78, 5) is 18.8. The summed E-state index contributed by atoms with van der Waals surface area (Å²) in [5, 5.41) is 12.6. The number of anilines is 1. The Bertz CT molecular complexity index is 901. The van der Waals surface area contributed by atoms with Gasteiger partial charge < -0.3 is 15.3 Å². The number of carbonyl (C=O) groups is 1. The number of carbonyl (C=O) groups excluding carboxylic acids is 1. The smallest absolute Gasteiger partial charge is 0.322 e. The van der Waals surface area contributed by atoms with Crippen LogP contribution in [0.1, 0.15) is 44.0 Å². The second-order valence-corrected chi connectivity index (χ2v) is 8.74. The topological polar surface area (TPSA) is 65.5 Å². The molecule has 1 aliphatic heterocycles. The third-order valence-corrected chi connectivity index (χ3v) is 5.39. The molecule has 0 fully saturated rings. The van der Waals surface area contributed by atoms with Gasteiger partial charge in [0.25, 0.3) is 0 Å². The van der Waals surface area contributed by atoms with Crippen LogP contribution in [0.2, 0.25) is 5.02 Å². The van der Waals surface area contributed by atoms with Crippen LogP contribution in [0.3, 0.4) is 0 Å². The van der Waals surface area contributed by atoms with Crippen LogP contribution in [0.5, 0.6) is 0 Å². The van der Waals surface area contributed by atoms with Crippen LogP contribution < -0.4 is 5.32 Å². The van der Waals surface area contributed by atoms with Gasteiger partial charge in [0.1, 0.15) is 0 Å². The van der Waals surface area contributed by atoms with Gasteiger partial charge >= 0.3 is 6.03 Å². The highest BCUT2D eigenvalue weighted by molar-refractivity contribution is 6.32. The van der Waals surface area contributed by atoms with Crippen LogP contribution in [-0.4, -0.2) is 40.7 Å². The second-order valence-electron chi connectivity index (χ2n) is 8.33. The van der Waals surface area contributed by atoms with Crippen LogP contribution in [0.15, 0.2) is 42.6 Å². The van der Waals surface area contributed by atoms with E-state index in [-0.39, 0.29) is 18.1 Å². The lowest BCUT2D eigenvalue weighted by molar-refractivity contribution is 0.217. The van der Waals surface area contributed by atoms with Crippen LogP contribution >= 0.6 is 11.6 Å². The summed E-state index contributed by atoms with van der Waals surface area (Å²) in [6.45, 7) is 7.69. The SMILES string of the molecule is CC(C)(C)c1ccc(NC(=O)N2CC=C(c3ncc(CCO)cc3Cl)CC2)cc1. The number of halogens is 1. The fourth-order valence-electron chi connectivity index (χ4n) is 3.30. The van der Waals surface area contributed by atoms with E-state index >= 15 is 0 Å². The highest BCUT2D eigenvalue weighted by Crippen LogP contribution is 2.28. The van der Waals surface area contributed by atoms with E-state index in [1.165, 1.54) is 5.56 Å². The standard InChI is InChI=1S/C23H28ClN3O2/c1-23(2,3)18-4-6-19(7-5-18)26-22(29)27-11-8-17(9-12-27)21-20(24)14-16(10-13-28)15-25-21/h4-8,14-15,28H,9-13H2,1-3H3,(H,26,29). The molecular weight excluding hydrogens is 386 g/mol. The van der Waals surface area contributed by atoms with Crippen LogP contribution in [0, 0.1) is 0 Å². The summed E-state index contributed by atoms with van der Waals surface area (Å²) in [6, 6.07) is 9.74. The third kappa shape index (κ3) is 5.37. The lowest BCUT2D eigenvalue weighted by atomic mass is 9.87. The summed E-state index contributed by atoms with van der Waals surface area (Å²) in [5.74, 6) is 0. The summed E-state index contributed by atoms with van der Waals surface area (Å²) in [6.07, 6.45) is 4.99. The molecule has 29 heavy (non-hydrogen) atoms. The zero-order valence-electron chi connectivity index (χ0n) is 17.2. The van der Waals surface area contributed by atoms with Gasteiger partial charge in [0, 0.05) is 31.6 Å². The van der Waals surface area contributed by atoms with Gasteiger partial charge in [-0.15, -0.1) is 0 Å². The Hall–Kier alpha value is -2.37. The predicted molar refractivity (Wildman–Crippen MR) is 118 cm³/mol. The number of amides is 2. The monoisotopic (exact) mass is 413 g/mol. The maximum Gasteiger partial charge on any atom is 0.322 e. The van der Waals surface area contributed by atoms with Gasteiger partial charge in [-0.3, -0.25) is 4.98 Å². The number of benzene rings is 1. The first-order valence-corrected chi connectivity index (χ1v) is 10.3. The predicted octanol–water partition coefficient (Wildman–Crippen LogP) is 4.89. The van der Waals surface area contributed by atoms with E-state index in [9.17, 15) is 4.79 Å². The van der Waals surface area contributed by atoms with E-state index in [2.05, 4.69) is 43.2 Å². The second kappa shape index (κ2) is 8.97. The van der Waals surface area contributed by atoms with Crippen molar-refractivity contribution in [3.05, 3.63) is 64.4 Å². The third-order valence-electron chi connectivity index (χ3n) is 5.10. The molecule has 0 saturated carbocycles. The molecule has 0 unspecified atom stereocenters. The molecule has 5 nitrogen and oxygen atoms in total. The number of nitrogens with one attached hydrogen (secondary N) is 1. The number of urea groups is 1. The number of rotatable bonds is 4. The van der Waals surface area contributed by atoms with Crippen molar-refractivity contribution in [3.63, 3.8) is 0 Å². The number of aliphatic hydroxyl groups is 1. The lowest BCUT2D eigenvalue weighted by Gasteiger charge is -2.27. The molecular formula is C23H28ClN3O2. The molecule has 0 atom stereocenters. The first kappa shape index (κ1) is 21.3. The van der Waals surface area contributed by atoms with Gasteiger partial charge in [-0.1, -0.05) is 50.6 Å². The van der Waals surface area contributed by atoms with Crippen molar-refractivity contribution in [1.29, 1.82) is 0 Å². The highest BCUT2D eigenvalue weighted by Gasteiger charge is 2.20. The van der Waals surface area contributed by atoms with E-state index in [1.54, 1.807) is 11.1 Å². The number of hydrogen-bond donors (Lipinski definition) is 2. The Balaban J connectivity index is 1.62. The number of pyridine rings is 1. The minimum atomic E-state index is -0.110. The van der Waals surface area contributed by atoms with Crippen molar-refractivity contribution in [2.45, 2.75) is 39.0 Å². The summed E-state index contributed by atoms with van der Waals surface area (Å²) in [7, 11) is 0.